The van der Waals surface area contributed by atoms with Crippen molar-refractivity contribution >= 4 is 29.2 Å². The number of hydrogen-bond donors (Lipinski definition) is 1. The quantitative estimate of drug-likeness (QED) is 0.617. The van der Waals surface area contributed by atoms with Gasteiger partial charge in [-0.05, 0) is 51.1 Å². The van der Waals surface area contributed by atoms with Gasteiger partial charge >= 0.3 is 5.97 Å². The van der Waals surface area contributed by atoms with Gasteiger partial charge in [0, 0.05) is 23.9 Å². The zero-order chi connectivity index (χ0) is 22.8. The Bertz CT molecular complexity index is 1160. The normalized spacial score (nSPS) is 15.7. The monoisotopic (exact) mass is 435 g/mol. The van der Waals surface area contributed by atoms with E-state index >= 15 is 0 Å². The Balaban J connectivity index is 1.49. The van der Waals surface area contributed by atoms with Gasteiger partial charge in [-0.2, -0.15) is 0 Å². The maximum atomic E-state index is 13.0. The molecule has 8 heteroatoms. The Morgan fingerprint density at radius 3 is 2.72 bits per heavy atom. The molecule has 0 saturated carbocycles. The summed E-state index contributed by atoms with van der Waals surface area (Å²) in [7, 11) is 0. The van der Waals surface area contributed by atoms with Crippen LogP contribution in [0.25, 0.3) is 0 Å². The van der Waals surface area contributed by atoms with E-state index in [-0.39, 0.29) is 24.3 Å². The van der Waals surface area contributed by atoms with Crippen molar-refractivity contribution in [1.29, 1.82) is 0 Å². The van der Waals surface area contributed by atoms with E-state index in [0.29, 0.717) is 23.5 Å². The number of nitrogens with one attached hydrogen (secondary N) is 1. The van der Waals surface area contributed by atoms with E-state index in [1.807, 2.05) is 30.5 Å². The molecule has 1 N–H and O–H groups in total. The second kappa shape index (κ2) is 8.74. The van der Waals surface area contributed by atoms with Crippen molar-refractivity contribution in [2.45, 2.75) is 39.8 Å². The van der Waals surface area contributed by atoms with Crippen LogP contribution in [-0.2, 0) is 20.9 Å². The fraction of sp³-hybridized carbons (Fsp3) is 0.292. The van der Waals surface area contributed by atoms with Crippen LogP contribution in [0.1, 0.15) is 40.9 Å². The molecule has 4 rings (SSSR count). The molecule has 1 aliphatic heterocycles. The molecule has 166 valence electrons. The summed E-state index contributed by atoms with van der Waals surface area (Å²) in [5.41, 5.74) is 3.17. The maximum absolute atomic E-state index is 13.0. The molecule has 1 aliphatic rings. The van der Waals surface area contributed by atoms with Gasteiger partial charge in [0.25, 0.3) is 5.91 Å². The SMILES string of the molecule is Cc1cc(C(=O)OCC(=O)N2c3ccccc3NC(=O)C[C@@H]2C)c(C)n1Cc1ccco1. The molecule has 0 unspecified atom stereocenters. The molecule has 1 aromatic carbocycles. The lowest BCUT2D eigenvalue weighted by atomic mass is 10.1. The number of para-hydroxylation sites is 2. The first-order valence-electron chi connectivity index (χ1n) is 10.4. The highest BCUT2D eigenvalue weighted by Crippen LogP contribution is 2.31. The van der Waals surface area contributed by atoms with Gasteiger partial charge < -0.3 is 23.9 Å². The van der Waals surface area contributed by atoms with Crippen LogP contribution in [-0.4, -0.2) is 35.0 Å². The number of ether oxygens (including phenoxy) is 1. The Kier molecular flexibility index (Phi) is 5.85. The first-order valence-corrected chi connectivity index (χ1v) is 10.4. The van der Waals surface area contributed by atoms with Crippen molar-refractivity contribution in [1.82, 2.24) is 4.57 Å². The van der Waals surface area contributed by atoms with Gasteiger partial charge in [0.05, 0.1) is 29.7 Å². The van der Waals surface area contributed by atoms with Crippen LogP contribution in [0.3, 0.4) is 0 Å². The third-order valence-corrected chi connectivity index (χ3v) is 5.64. The zero-order valence-electron chi connectivity index (χ0n) is 18.3. The Morgan fingerprint density at radius 2 is 1.97 bits per heavy atom. The van der Waals surface area contributed by atoms with E-state index in [1.165, 1.54) is 4.90 Å². The average molecular weight is 435 g/mol. The summed E-state index contributed by atoms with van der Waals surface area (Å²) in [5.74, 6) is -0.346. The molecule has 8 nitrogen and oxygen atoms in total. The Morgan fingerprint density at radius 1 is 1.19 bits per heavy atom. The molecular weight excluding hydrogens is 410 g/mol. The summed E-state index contributed by atoms with van der Waals surface area (Å²) in [6.45, 7) is 5.60. The van der Waals surface area contributed by atoms with E-state index in [1.54, 1.807) is 43.5 Å². The summed E-state index contributed by atoms with van der Waals surface area (Å²) in [6, 6.07) is 12.1. The molecule has 0 fully saturated rings. The zero-order valence-corrected chi connectivity index (χ0v) is 18.3. The van der Waals surface area contributed by atoms with Crippen LogP contribution < -0.4 is 10.2 Å². The maximum Gasteiger partial charge on any atom is 0.340 e. The lowest BCUT2D eigenvalue weighted by Crippen LogP contribution is -2.41. The van der Waals surface area contributed by atoms with Crippen LogP contribution in [0.2, 0.25) is 0 Å². The number of carbonyl (C=O) groups excluding carboxylic acids is 3. The van der Waals surface area contributed by atoms with Gasteiger partial charge in [0.2, 0.25) is 5.91 Å². The molecule has 0 radical (unpaired) electrons. The van der Waals surface area contributed by atoms with Crippen LogP contribution in [0.4, 0.5) is 11.4 Å². The van der Waals surface area contributed by atoms with Gasteiger partial charge in [0.15, 0.2) is 6.61 Å². The largest absolute Gasteiger partial charge is 0.467 e. The highest BCUT2D eigenvalue weighted by Gasteiger charge is 2.30. The number of benzene rings is 1. The molecule has 3 heterocycles. The summed E-state index contributed by atoms with van der Waals surface area (Å²) in [6.07, 6.45) is 1.76. The highest BCUT2D eigenvalue weighted by molar-refractivity contribution is 6.05. The van der Waals surface area contributed by atoms with Crippen LogP contribution in [0, 0.1) is 13.8 Å². The van der Waals surface area contributed by atoms with E-state index in [9.17, 15) is 14.4 Å². The number of rotatable bonds is 5. The van der Waals surface area contributed by atoms with Gasteiger partial charge in [-0.3, -0.25) is 9.59 Å². The lowest BCUT2D eigenvalue weighted by molar-refractivity contribution is -0.122. The molecule has 3 aromatic rings. The van der Waals surface area contributed by atoms with Gasteiger partial charge in [-0.15, -0.1) is 0 Å². The van der Waals surface area contributed by atoms with Crippen molar-refractivity contribution in [2.75, 3.05) is 16.8 Å². The number of esters is 1. The molecule has 2 amide bonds. The summed E-state index contributed by atoms with van der Waals surface area (Å²) >= 11 is 0. The van der Waals surface area contributed by atoms with Crippen molar-refractivity contribution < 1.29 is 23.5 Å². The number of nitrogens with zero attached hydrogens (tertiary/aromatic N) is 2. The van der Waals surface area contributed by atoms with Crippen LogP contribution in [0.15, 0.2) is 53.1 Å². The summed E-state index contributed by atoms with van der Waals surface area (Å²) in [5, 5.41) is 2.81. The van der Waals surface area contributed by atoms with Crippen molar-refractivity contribution in [3.8, 4) is 0 Å². The topological polar surface area (TPSA) is 93.8 Å². The van der Waals surface area contributed by atoms with Crippen molar-refractivity contribution in [2.24, 2.45) is 0 Å². The van der Waals surface area contributed by atoms with Crippen LogP contribution in [0.5, 0.6) is 0 Å². The number of hydrogen-bond acceptors (Lipinski definition) is 5. The Hall–Kier alpha value is -3.81. The molecule has 0 spiro atoms. The van der Waals surface area contributed by atoms with Crippen molar-refractivity contribution in [3.63, 3.8) is 0 Å². The minimum absolute atomic E-state index is 0.155. The standard InChI is InChI=1S/C24H25N3O5/c1-15-11-19(17(3)26(15)13-18-7-6-10-31-18)24(30)32-14-23(29)27-16(2)12-22(28)25-20-8-4-5-9-21(20)27/h4-11,16H,12-14H2,1-3H3,(H,25,28)/t16-/m0/s1. The molecule has 0 bridgehead atoms. The third-order valence-electron chi connectivity index (χ3n) is 5.64. The molecule has 1 atom stereocenters. The predicted molar refractivity (Wildman–Crippen MR) is 119 cm³/mol. The van der Waals surface area contributed by atoms with E-state index in [0.717, 1.165) is 17.1 Å². The second-order valence-corrected chi connectivity index (χ2v) is 7.91. The predicted octanol–water partition coefficient (Wildman–Crippen LogP) is 3.67. The fourth-order valence-corrected chi connectivity index (χ4v) is 4.05. The molecule has 0 saturated heterocycles. The average Bonchev–Trinajstić information content (AvgIpc) is 3.33. The molecule has 0 aliphatic carbocycles. The minimum atomic E-state index is -0.567. The van der Waals surface area contributed by atoms with Gasteiger partial charge in [0.1, 0.15) is 5.76 Å². The smallest absolute Gasteiger partial charge is 0.340 e. The summed E-state index contributed by atoms with van der Waals surface area (Å²) < 4.78 is 12.7. The van der Waals surface area contributed by atoms with Crippen LogP contribution >= 0.6 is 0 Å². The second-order valence-electron chi connectivity index (χ2n) is 7.91. The Labute approximate surface area is 185 Å². The van der Waals surface area contributed by atoms with E-state index in [2.05, 4.69) is 5.32 Å². The van der Waals surface area contributed by atoms with E-state index < -0.39 is 12.6 Å². The first-order chi connectivity index (χ1) is 15.3. The molecule has 32 heavy (non-hydrogen) atoms. The number of amides is 2. The first kappa shape index (κ1) is 21.4. The summed E-state index contributed by atoms with van der Waals surface area (Å²) in [4.78, 5) is 39.4. The number of carbonyl (C=O) groups is 3. The van der Waals surface area contributed by atoms with Gasteiger partial charge in [-0.25, -0.2) is 4.79 Å². The highest BCUT2D eigenvalue weighted by atomic mass is 16.5. The number of aryl methyl sites for hydroxylation is 1. The number of furan rings is 1. The molecule has 2 aromatic heterocycles. The van der Waals surface area contributed by atoms with Gasteiger partial charge in [-0.1, -0.05) is 12.1 Å². The number of fused-ring (bicyclic) bond motifs is 1. The van der Waals surface area contributed by atoms with E-state index in [4.69, 9.17) is 9.15 Å². The lowest BCUT2D eigenvalue weighted by Gasteiger charge is -2.27. The number of anilines is 2. The number of aromatic nitrogens is 1. The minimum Gasteiger partial charge on any atom is -0.467 e. The third kappa shape index (κ3) is 4.16. The van der Waals surface area contributed by atoms with Crippen molar-refractivity contribution in [3.05, 3.63) is 71.4 Å². The fourth-order valence-electron chi connectivity index (χ4n) is 4.05. The molecular formula is C24H25N3O5.